The highest BCUT2D eigenvalue weighted by Gasteiger charge is 2.03. The molecule has 0 saturated heterocycles. The molecule has 0 aliphatic rings. The summed E-state index contributed by atoms with van der Waals surface area (Å²) >= 11 is 3.37. The maximum absolute atomic E-state index is 13.1. The zero-order valence-corrected chi connectivity index (χ0v) is 12.1. The highest BCUT2D eigenvalue weighted by molar-refractivity contribution is 9.10. The Balaban J connectivity index is 2.17. The van der Waals surface area contributed by atoms with E-state index in [-0.39, 0.29) is 12.4 Å². The average molecular weight is 332 g/mol. The number of benzene rings is 2. The van der Waals surface area contributed by atoms with E-state index in [1.54, 1.807) is 24.3 Å². The first-order chi connectivity index (χ1) is 9.69. The molecule has 0 aromatic heterocycles. The molecule has 0 saturated carbocycles. The van der Waals surface area contributed by atoms with E-state index in [0.29, 0.717) is 5.75 Å². The third-order valence-electron chi connectivity index (χ3n) is 2.59. The van der Waals surface area contributed by atoms with Crippen LogP contribution in [0.3, 0.4) is 0 Å². The molecule has 0 heterocycles. The first-order valence-electron chi connectivity index (χ1n) is 5.92. The summed E-state index contributed by atoms with van der Waals surface area (Å²) in [6.07, 6.45) is 3.06. The Labute approximate surface area is 125 Å². The molecule has 0 amide bonds. The molecule has 0 N–H and O–H groups in total. The number of nitriles is 1. The van der Waals surface area contributed by atoms with Crippen LogP contribution in [0.15, 0.2) is 53.0 Å². The Kier molecular flexibility index (Phi) is 4.91. The Morgan fingerprint density at radius 3 is 2.85 bits per heavy atom. The van der Waals surface area contributed by atoms with Gasteiger partial charge < -0.3 is 4.74 Å². The van der Waals surface area contributed by atoms with Crippen LogP contribution in [0.25, 0.3) is 6.08 Å². The molecule has 0 aliphatic heterocycles. The van der Waals surface area contributed by atoms with Crippen molar-refractivity contribution in [1.82, 2.24) is 0 Å². The third-order valence-corrected chi connectivity index (χ3v) is 3.09. The van der Waals surface area contributed by atoms with Gasteiger partial charge in [-0.2, -0.15) is 5.26 Å². The van der Waals surface area contributed by atoms with E-state index in [1.807, 2.05) is 18.2 Å². The normalized spacial score (nSPS) is 10.4. The zero-order valence-electron chi connectivity index (χ0n) is 10.5. The topological polar surface area (TPSA) is 33.0 Å². The molecular weight excluding hydrogens is 321 g/mol. The van der Waals surface area contributed by atoms with Crippen LogP contribution in [0.1, 0.15) is 11.1 Å². The van der Waals surface area contributed by atoms with Gasteiger partial charge in [0.25, 0.3) is 0 Å². The van der Waals surface area contributed by atoms with Crippen molar-refractivity contribution in [2.75, 3.05) is 0 Å². The first-order valence-corrected chi connectivity index (χ1v) is 6.71. The van der Waals surface area contributed by atoms with Crippen LogP contribution < -0.4 is 4.74 Å². The molecule has 20 heavy (non-hydrogen) atoms. The van der Waals surface area contributed by atoms with Gasteiger partial charge in [-0.1, -0.05) is 28.1 Å². The minimum atomic E-state index is -0.286. The molecule has 2 aromatic carbocycles. The average Bonchev–Trinajstić information content (AvgIpc) is 2.44. The number of allylic oxidation sites excluding steroid dienone is 1. The molecule has 0 radical (unpaired) electrons. The summed E-state index contributed by atoms with van der Waals surface area (Å²) in [5, 5.41) is 8.60. The molecule has 0 bridgehead atoms. The maximum Gasteiger partial charge on any atom is 0.127 e. The molecule has 0 atom stereocenters. The second-order valence-electron chi connectivity index (χ2n) is 4.06. The van der Waals surface area contributed by atoms with E-state index in [4.69, 9.17) is 10.00 Å². The zero-order chi connectivity index (χ0) is 14.4. The Bertz CT molecular complexity index is 676. The van der Waals surface area contributed by atoms with Crippen LogP contribution >= 0.6 is 15.9 Å². The van der Waals surface area contributed by atoms with Crippen molar-refractivity contribution >= 4 is 22.0 Å². The van der Waals surface area contributed by atoms with Crippen molar-refractivity contribution in [3.63, 3.8) is 0 Å². The SMILES string of the molecule is N#C/C=C/c1cc(Br)ccc1OCc1cccc(F)c1. The molecular formula is C16H11BrFNO. The third kappa shape index (κ3) is 3.94. The van der Waals surface area contributed by atoms with Crippen LogP contribution in [0.5, 0.6) is 5.75 Å². The Morgan fingerprint density at radius 2 is 2.10 bits per heavy atom. The number of rotatable bonds is 4. The summed E-state index contributed by atoms with van der Waals surface area (Å²) in [6.45, 7) is 0.271. The molecule has 2 nitrogen and oxygen atoms in total. The number of hydrogen-bond acceptors (Lipinski definition) is 2. The Morgan fingerprint density at radius 1 is 1.25 bits per heavy atom. The fourth-order valence-electron chi connectivity index (χ4n) is 1.70. The summed E-state index contributed by atoms with van der Waals surface area (Å²) in [7, 11) is 0. The van der Waals surface area contributed by atoms with Crippen LogP contribution in [-0.2, 0) is 6.61 Å². The molecule has 0 spiro atoms. The van der Waals surface area contributed by atoms with Crippen LogP contribution in [0, 0.1) is 17.1 Å². The van der Waals surface area contributed by atoms with Crippen LogP contribution in [0.2, 0.25) is 0 Å². The smallest absolute Gasteiger partial charge is 0.127 e. The first kappa shape index (κ1) is 14.3. The highest BCUT2D eigenvalue weighted by Crippen LogP contribution is 2.25. The molecule has 2 aromatic rings. The summed E-state index contributed by atoms with van der Waals surface area (Å²) in [4.78, 5) is 0. The molecule has 0 unspecified atom stereocenters. The van der Waals surface area contributed by atoms with E-state index in [0.717, 1.165) is 15.6 Å². The lowest BCUT2D eigenvalue weighted by Crippen LogP contribution is -1.97. The van der Waals surface area contributed by atoms with Crippen molar-refractivity contribution < 1.29 is 9.13 Å². The summed E-state index contributed by atoms with van der Waals surface area (Å²) in [6, 6.07) is 13.7. The van der Waals surface area contributed by atoms with Crippen LogP contribution in [-0.4, -0.2) is 0 Å². The number of hydrogen-bond donors (Lipinski definition) is 0. The molecule has 100 valence electrons. The van der Waals surface area contributed by atoms with Gasteiger partial charge in [0.15, 0.2) is 0 Å². The second kappa shape index (κ2) is 6.88. The standard InChI is InChI=1S/C16H11BrFNO/c17-14-6-7-16(13(10-14)4-2-8-19)20-11-12-3-1-5-15(18)9-12/h1-7,9-10H,11H2/b4-2+. The van der Waals surface area contributed by atoms with Gasteiger partial charge >= 0.3 is 0 Å². The van der Waals surface area contributed by atoms with E-state index >= 15 is 0 Å². The van der Waals surface area contributed by atoms with E-state index in [9.17, 15) is 4.39 Å². The van der Waals surface area contributed by atoms with Gasteiger partial charge in [-0.05, 0) is 42.0 Å². The van der Waals surface area contributed by atoms with Crippen molar-refractivity contribution in [3.8, 4) is 11.8 Å². The van der Waals surface area contributed by atoms with Crippen molar-refractivity contribution in [1.29, 1.82) is 5.26 Å². The molecule has 0 aliphatic carbocycles. The predicted octanol–water partition coefficient (Wildman–Crippen LogP) is 4.70. The summed E-state index contributed by atoms with van der Waals surface area (Å²) in [5.41, 5.74) is 1.54. The Hall–Kier alpha value is -2.12. The molecule has 2 rings (SSSR count). The van der Waals surface area contributed by atoms with E-state index < -0.39 is 0 Å². The fraction of sp³-hybridized carbons (Fsp3) is 0.0625. The minimum absolute atomic E-state index is 0.271. The minimum Gasteiger partial charge on any atom is -0.488 e. The lowest BCUT2D eigenvalue weighted by Gasteiger charge is -2.10. The van der Waals surface area contributed by atoms with Crippen LogP contribution in [0.4, 0.5) is 4.39 Å². The van der Waals surface area contributed by atoms with Crippen molar-refractivity contribution in [2.24, 2.45) is 0 Å². The fourth-order valence-corrected chi connectivity index (χ4v) is 2.07. The van der Waals surface area contributed by atoms with Gasteiger partial charge in [0.2, 0.25) is 0 Å². The summed E-state index contributed by atoms with van der Waals surface area (Å²) in [5.74, 6) is 0.357. The number of nitrogens with zero attached hydrogens (tertiary/aromatic N) is 1. The number of ether oxygens (including phenoxy) is 1. The van der Waals surface area contributed by atoms with Gasteiger partial charge in [-0.25, -0.2) is 4.39 Å². The molecule has 0 fully saturated rings. The largest absolute Gasteiger partial charge is 0.488 e. The van der Waals surface area contributed by atoms with Gasteiger partial charge in [0, 0.05) is 16.1 Å². The molecule has 4 heteroatoms. The van der Waals surface area contributed by atoms with Gasteiger partial charge in [-0.3, -0.25) is 0 Å². The van der Waals surface area contributed by atoms with E-state index in [2.05, 4.69) is 15.9 Å². The monoisotopic (exact) mass is 331 g/mol. The lowest BCUT2D eigenvalue weighted by atomic mass is 10.2. The lowest BCUT2D eigenvalue weighted by molar-refractivity contribution is 0.305. The quantitative estimate of drug-likeness (QED) is 0.760. The van der Waals surface area contributed by atoms with Crippen molar-refractivity contribution in [2.45, 2.75) is 6.61 Å². The van der Waals surface area contributed by atoms with E-state index in [1.165, 1.54) is 18.2 Å². The number of halogens is 2. The second-order valence-corrected chi connectivity index (χ2v) is 4.98. The maximum atomic E-state index is 13.1. The van der Waals surface area contributed by atoms with Gasteiger partial charge in [-0.15, -0.1) is 0 Å². The van der Waals surface area contributed by atoms with Crippen molar-refractivity contribution in [3.05, 3.63) is 70.0 Å². The predicted molar refractivity (Wildman–Crippen MR) is 79.5 cm³/mol. The highest BCUT2D eigenvalue weighted by atomic mass is 79.9. The van der Waals surface area contributed by atoms with Gasteiger partial charge in [0.05, 0.1) is 6.07 Å². The summed E-state index contributed by atoms with van der Waals surface area (Å²) < 4.78 is 19.7. The van der Waals surface area contributed by atoms with Gasteiger partial charge in [0.1, 0.15) is 18.2 Å².